The Morgan fingerprint density at radius 1 is 1.07 bits per heavy atom. The molecule has 1 aromatic carbocycles. The highest BCUT2D eigenvalue weighted by atomic mass is 35.5. The number of hydrogen-bond acceptors (Lipinski definition) is 5. The second kappa shape index (κ2) is 10.3. The summed E-state index contributed by atoms with van der Waals surface area (Å²) in [5.41, 5.74) is 0.628. The Kier molecular flexibility index (Phi) is 7.84. The van der Waals surface area contributed by atoms with E-state index in [0.717, 1.165) is 0 Å². The van der Waals surface area contributed by atoms with Gasteiger partial charge in [0.2, 0.25) is 0 Å². The summed E-state index contributed by atoms with van der Waals surface area (Å²) in [6.07, 6.45) is 1.23. The highest BCUT2D eigenvalue weighted by Gasteiger charge is 2.11. The van der Waals surface area contributed by atoms with Crippen LogP contribution in [0.5, 0.6) is 0 Å². The van der Waals surface area contributed by atoms with E-state index in [0.29, 0.717) is 10.7 Å². The molecule has 0 unspecified atom stereocenters. The normalized spacial score (nSPS) is 10.0. The highest BCUT2D eigenvalue weighted by Crippen LogP contribution is 2.22. The van der Waals surface area contributed by atoms with Crippen molar-refractivity contribution in [3.63, 3.8) is 0 Å². The van der Waals surface area contributed by atoms with Crippen LogP contribution in [-0.4, -0.2) is 36.0 Å². The minimum atomic E-state index is -0.639. The average molecular weight is 411 g/mol. The Labute approximate surface area is 165 Å². The summed E-state index contributed by atoms with van der Waals surface area (Å²) in [6.45, 7) is -0.445. The van der Waals surface area contributed by atoms with Gasteiger partial charge in [0, 0.05) is 18.4 Å². The Bertz CT molecular complexity index is 818. The zero-order valence-corrected chi connectivity index (χ0v) is 15.5. The summed E-state index contributed by atoms with van der Waals surface area (Å²) in [7, 11) is 0. The van der Waals surface area contributed by atoms with Gasteiger partial charge in [-0.1, -0.05) is 41.4 Å². The van der Waals surface area contributed by atoms with Crippen LogP contribution in [0.2, 0.25) is 10.0 Å². The van der Waals surface area contributed by atoms with Crippen molar-refractivity contribution in [2.75, 3.05) is 23.8 Å². The molecule has 0 saturated heterocycles. The number of anilines is 2. The Morgan fingerprint density at radius 2 is 1.81 bits per heavy atom. The molecule has 27 heavy (non-hydrogen) atoms. The molecule has 2 rings (SSSR count). The van der Waals surface area contributed by atoms with Gasteiger partial charge in [0.25, 0.3) is 5.91 Å². The molecule has 0 fully saturated rings. The van der Waals surface area contributed by atoms with Crippen molar-refractivity contribution in [1.29, 1.82) is 0 Å². The lowest BCUT2D eigenvalue weighted by Crippen LogP contribution is -2.31. The lowest BCUT2D eigenvalue weighted by Gasteiger charge is -2.08. The van der Waals surface area contributed by atoms with Crippen molar-refractivity contribution in [2.45, 2.75) is 6.42 Å². The number of nitrogens with zero attached hydrogens (tertiary/aromatic N) is 1. The first-order valence-corrected chi connectivity index (χ1v) is 8.56. The van der Waals surface area contributed by atoms with E-state index in [2.05, 4.69) is 20.9 Å². The van der Waals surface area contributed by atoms with Crippen LogP contribution < -0.4 is 16.0 Å². The number of para-hydroxylation sites is 1. The molecule has 2 aromatic rings. The number of halogens is 2. The molecule has 0 atom stereocenters. The predicted molar refractivity (Wildman–Crippen MR) is 102 cm³/mol. The van der Waals surface area contributed by atoms with E-state index in [-0.39, 0.29) is 23.8 Å². The number of carbonyl (C=O) groups excluding carboxylic acids is 3. The van der Waals surface area contributed by atoms with Gasteiger partial charge in [0.1, 0.15) is 0 Å². The first-order chi connectivity index (χ1) is 12.9. The molecule has 0 spiro atoms. The third-order valence-electron chi connectivity index (χ3n) is 3.08. The standard InChI is InChI=1S/C17H16Cl2N4O4/c18-11-8-13(19)16(21-9-11)23-14(24)10-27-15(25)6-7-20-17(26)22-12-4-2-1-3-5-12/h1-5,8-9H,6-7,10H2,(H2,20,22,26)(H,21,23,24). The molecule has 1 aromatic heterocycles. The fourth-order valence-corrected chi connectivity index (χ4v) is 2.30. The summed E-state index contributed by atoms with van der Waals surface area (Å²) >= 11 is 11.6. The number of esters is 1. The first kappa shape index (κ1) is 20.5. The molecule has 10 heteroatoms. The zero-order chi connectivity index (χ0) is 19.6. The predicted octanol–water partition coefficient (Wildman–Crippen LogP) is 3.08. The number of aromatic nitrogens is 1. The van der Waals surface area contributed by atoms with Gasteiger partial charge in [-0.15, -0.1) is 0 Å². The van der Waals surface area contributed by atoms with Gasteiger partial charge in [0.15, 0.2) is 12.4 Å². The van der Waals surface area contributed by atoms with E-state index in [4.69, 9.17) is 27.9 Å². The van der Waals surface area contributed by atoms with E-state index < -0.39 is 24.5 Å². The number of amides is 3. The molecule has 0 aliphatic carbocycles. The van der Waals surface area contributed by atoms with Crippen LogP contribution in [0.3, 0.4) is 0 Å². The van der Waals surface area contributed by atoms with E-state index in [1.54, 1.807) is 24.3 Å². The second-order valence-corrected chi connectivity index (χ2v) is 6.03. The Morgan fingerprint density at radius 3 is 2.52 bits per heavy atom. The monoisotopic (exact) mass is 410 g/mol. The van der Waals surface area contributed by atoms with Crippen LogP contribution in [0.4, 0.5) is 16.3 Å². The first-order valence-electron chi connectivity index (χ1n) is 7.80. The molecule has 0 bridgehead atoms. The minimum Gasteiger partial charge on any atom is -0.456 e. The van der Waals surface area contributed by atoms with Gasteiger partial charge >= 0.3 is 12.0 Å². The quantitative estimate of drug-likeness (QED) is 0.607. The fraction of sp³-hybridized carbons (Fsp3) is 0.176. The molecule has 0 aliphatic rings. The molecule has 3 amide bonds. The summed E-state index contributed by atoms with van der Waals surface area (Å²) in [5.74, 6) is -1.13. The molecule has 142 valence electrons. The number of pyridine rings is 1. The smallest absolute Gasteiger partial charge is 0.319 e. The summed E-state index contributed by atoms with van der Waals surface area (Å²) in [4.78, 5) is 38.9. The van der Waals surface area contributed by atoms with E-state index in [1.807, 2.05) is 6.07 Å². The summed E-state index contributed by atoms with van der Waals surface area (Å²) in [6, 6.07) is 9.82. The lowest BCUT2D eigenvalue weighted by atomic mass is 10.3. The van der Waals surface area contributed by atoms with Crippen molar-refractivity contribution in [1.82, 2.24) is 10.3 Å². The van der Waals surface area contributed by atoms with Crippen molar-refractivity contribution in [2.24, 2.45) is 0 Å². The number of hydrogen-bond donors (Lipinski definition) is 3. The molecular weight excluding hydrogens is 395 g/mol. The van der Waals surface area contributed by atoms with Gasteiger partial charge in [-0.3, -0.25) is 9.59 Å². The van der Waals surface area contributed by atoms with Gasteiger partial charge in [-0.2, -0.15) is 0 Å². The van der Waals surface area contributed by atoms with Crippen molar-refractivity contribution in [3.8, 4) is 0 Å². The molecule has 0 aliphatic heterocycles. The minimum absolute atomic E-state index is 0.0592. The molecule has 0 saturated carbocycles. The van der Waals surface area contributed by atoms with E-state index in [1.165, 1.54) is 12.3 Å². The molecule has 3 N–H and O–H groups in total. The van der Waals surface area contributed by atoms with Crippen LogP contribution in [0.1, 0.15) is 6.42 Å². The van der Waals surface area contributed by atoms with Crippen LogP contribution in [0.25, 0.3) is 0 Å². The number of nitrogens with one attached hydrogen (secondary N) is 3. The topological polar surface area (TPSA) is 109 Å². The van der Waals surface area contributed by atoms with Crippen molar-refractivity contribution < 1.29 is 19.1 Å². The SMILES string of the molecule is O=C(COC(=O)CCNC(=O)Nc1ccccc1)Nc1ncc(Cl)cc1Cl. The molecular formula is C17H16Cl2N4O4. The molecule has 1 heterocycles. The molecule has 0 radical (unpaired) electrons. The Balaban J connectivity index is 1.64. The van der Waals surface area contributed by atoms with Gasteiger partial charge in [-0.25, -0.2) is 9.78 Å². The van der Waals surface area contributed by atoms with Gasteiger partial charge in [0.05, 0.1) is 16.5 Å². The Hall–Kier alpha value is -2.84. The van der Waals surface area contributed by atoms with Gasteiger partial charge in [-0.05, 0) is 18.2 Å². The zero-order valence-electron chi connectivity index (χ0n) is 14.0. The number of urea groups is 1. The van der Waals surface area contributed by atoms with Gasteiger partial charge < -0.3 is 20.7 Å². The van der Waals surface area contributed by atoms with Crippen LogP contribution >= 0.6 is 23.2 Å². The highest BCUT2D eigenvalue weighted by molar-refractivity contribution is 6.36. The summed E-state index contributed by atoms with van der Waals surface area (Å²) in [5, 5.41) is 8.00. The summed E-state index contributed by atoms with van der Waals surface area (Å²) < 4.78 is 4.82. The van der Waals surface area contributed by atoms with Crippen molar-refractivity contribution in [3.05, 3.63) is 52.6 Å². The maximum Gasteiger partial charge on any atom is 0.319 e. The average Bonchev–Trinajstić information content (AvgIpc) is 2.63. The van der Waals surface area contributed by atoms with Crippen LogP contribution in [0.15, 0.2) is 42.6 Å². The third kappa shape index (κ3) is 7.51. The second-order valence-electron chi connectivity index (χ2n) is 5.19. The van der Waals surface area contributed by atoms with Crippen LogP contribution in [-0.2, 0) is 14.3 Å². The maximum atomic E-state index is 11.7. The largest absolute Gasteiger partial charge is 0.456 e. The number of rotatable bonds is 7. The number of carbonyl (C=O) groups is 3. The maximum absolute atomic E-state index is 11.7. The number of benzene rings is 1. The lowest BCUT2D eigenvalue weighted by molar-refractivity contribution is -0.147. The third-order valence-corrected chi connectivity index (χ3v) is 3.57. The molecule has 8 nitrogen and oxygen atoms in total. The fourth-order valence-electron chi connectivity index (χ4n) is 1.87. The van der Waals surface area contributed by atoms with E-state index in [9.17, 15) is 14.4 Å². The number of ether oxygens (including phenoxy) is 1. The van der Waals surface area contributed by atoms with Crippen molar-refractivity contribution >= 4 is 52.6 Å². The van der Waals surface area contributed by atoms with E-state index >= 15 is 0 Å². The van der Waals surface area contributed by atoms with Crippen LogP contribution in [0, 0.1) is 0 Å².